The topological polar surface area (TPSA) is 40.5 Å². The molecule has 128 valence electrons. The van der Waals surface area contributed by atoms with Crippen molar-refractivity contribution in [3.8, 4) is 0 Å². The minimum Gasteiger partial charge on any atom is -0.389 e. The molecule has 0 saturated heterocycles. The Labute approximate surface area is 140 Å². The van der Waals surface area contributed by atoms with Crippen LogP contribution >= 0.6 is 0 Å². The summed E-state index contributed by atoms with van der Waals surface area (Å²) in [6, 6.07) is 0. The molecule has 0 aliphatic heterocycles. The molecule has 0 unspecified atom stereocenters. The summed E-state index contributed by atoms with van der Waals surface area (Å²) in [5, 5.41) is 21.2. The van der Waals surface area contributed by atoms with Gasteiger partial charge in [-0.1, -0.05) is 24.6 Å². The molecule has 2 nitrogen and oxygen atoms in total. The monoisotopic (exact) mass is 316 g/mol. The molecule has 4 aliphatic carbocycles. The second-order valence-corrected chi connectivity index (χ2v) is 8.98. The standard InChI is InChI=1S/C21H32O2/c1-3-10-21(23)12-9-19-18-6-4-14-13-15(22)5-7-16(14)17(18)8-11-20(19,21)2/h3,13,15-19,22-23H,1,4-12H2,2H3/t15-,16+,17-,18-,19+,20+,21+/m1/s1. The number of aliphatic hydroxyl groups excluding tert-OH is 1. The maximum Gasteiger partial charge on any atom is 0.0738 e. The first-order valence-electron chi connectivity index (χ1n) is 9.70. The van der Waals surface area contributed by atoms with Gasteiger partial charge in [-0.3, -0.25) is 0 Å². The Balaban J connectivity index is 1.61. The van der Waals surface area contributed by atoms with E-state index in [9.17, 15) is 10.2 Å². The Morgan fingerprint density at radius 3 is 2.78 bits per heavy atom. The molecule has 3 fully saturated rings. The Hall–Kier alpha value is -0.600. The van der Waals surface area contributed by atoms with Crippen LogP contribution in [0.1, 0.15) is 64.7 Å². The van der Waals surface area contributed by atoms with Gasteiger partial charge >= 0.3 is 0 Å². The third-order valence-corrected chi connectivity index (χ3v) is 8.24. The number of hydrogen-bond donors (Lipinski definition) is 2. The number of aliphatic hydroxyl groups is 2. The minimum atomic E-state index is -0.525. The van der Waals surface area contributed by atoms with Crippen molar-refractivity contribution in [2.75, 3.05) is 0 Å². The van der Waals surface area contributed by atoms with Gasteiger partial charge in [-0.15, -0.1) is 6.58 Å². The van der Waals surface area contributed by atoms with E-state index < -0.39 is 5.60 Å². The summed E-state index contributed by atoms with van der Waals surface area (Å²) >= 11 is 0. The van der Waals surface area contributed by atoms with Crippen molar-refractivity contribution in [1.82, 2.24) is 0 Å². The fraction of sp³-hybridized carbons (Fsp3) is 0.810. The van der Waals surface area contributed by atoms with E-state index in [0.717, 1.165) is 43.4 Å². The first-order chi connectivity index (χ1) is 11.0. The van der Waals surface area contributed by atoms with Crippen LogP contribution in [-0.2, 0) is 0 Å². The van der Waals surface area contributed by atoms with E-state index in [4.69, 9.17) is 0 Å². The van der Waals surface area contributed by atoms with Gasteiger partial charge in [0.2, 0.25) is 0 Å². The molecule has 4 rings (SSSR count). The zero-order valence-corrected chi connectivity index (χ0v) is 14.5. The molecular formula is C21H32O2. The average Bonchev–Trinajstić information content (AvgIpc) is 2.79. The predicted molar refractivity (Wildman–Crippen MR) is 92.9 cm³/mol. The van der Waals surface area contributed by atoms with Gasteiger partial charge in [0.1, 0.15) is 0 Å². The molecule has 0 aromatic carbocycles. The molecule has 2 N–H and O–H groups in total. The van der Waals surface area contributed by atoms with Crippen molar-refractivity contribution >= 4 is 0 Å². The predicted octanol–water partition coefficient (Wildman–Crippen LogP) is 4.23. The summed E-state index contributed by atoms with van der Waals surface area (Å²) in [7, 11) is 0. The van der Waals surface area contributed by atoms with Crippen LogP contribution in [0.5, 0.6) is 0 Å². The lowest BCUT2D eigenvalue weighted by Gasteiger charge is -2.56. The van der Waals surface area contributed by atoms with Crippen molar-refractivity contribution in [2.24, 2.45) is 29.1 Å². The van der Waals surface area contributed by atoms with Crippen molar-refractivity contribution in [1.29, 1.82) is 0 Å². The average molecular weight is 316 g/mol. The second-order valence-electron chi connectivity index (χ2n) is 8.98. The molecule has 0 aromatic rings. The Bertz CT molecular complexity index is 524. The van der Waals surface area contributed by atoms with Crippen LogP contribution in [0.2, 0.25) is 0 Å². The van der Waals surface area contributed by atoms with E-state index in [0.29, 0.717) is 5.92 Å². The van der Waals surface area contributed by atoms with Crippen LogP contribution in [0.25, 0.3) is 0 Å². The summed E-state index contributed by atoms with van der Waals surface area (Å²) in [5.74, 6) is 2.98. The SMILES string of the molecule is C=CC[C@]1(O)CC[C@H]2[C@@H]3CCC4=C[C@H](O)CC[C@@H]4[C@H]3CC[C@@]21C. The minimum absolute atomic E-state index is 0.0811. The summed E-state index contributed by atoms with van der Waals surface area (Å²) in [6.07, 6.45) is 13.8. The Morgan fingerprint density at radius 2 is 2.00 bits per heavy atom. The van der Waals surface area contributed by atoms with Gasteiger partial charge in [0.15, 0.2) is 0 Å². The highest BCUT2D eigenvalue weighted by Crippen LogP contribution is 2.65. The van der Waals surface area contributed by atoms with E-state index in [2.05, 4.69) is 19.6 Å². The summed E-state index contributed by atoms with van der Waals surface area (Å²) in [6.45, 7) is 6.25. The van der Waals surface area contributed by atoms with Crippen LogP contribution in [0.15, 0.2) is 24.3 Å². The third-order valence-electron chi connectivity index (χ3n) is 8.24. The number of rotatable bonds is 2. The van der Waals surface area contributed by atoms with Gasteiger partial charge < -0.3 is 10.2 Å². The normalized spacial score (nSPS) is 52.1. The van der Waals surface area contributed by atoms with Crippen molar-refractivity contribution in [2.45, 2.75) is 76.4 Å². The third kappa shape index (κ3) is 2.21. The molecule has 4 aliphatic rings. The molecule has 7 atom stereocenters. The molecule has 0 bridgehead atoms. The number of allylic oxidation sites excluding steroid dienone is 1. The lowest BCUT2D eigenvalue weighted by atomic mass is 9.50. The van der Waals surface area contributed by atoms with E-state index >= 15 is 0 Å². The number of hydrogen-bond acceptors (Lipinski definition) is 2. The van der Waals surface area contributed by atoms with Gasteiger partial charge in [-0.2, -0.15) is 0 Å². The number of fused-ring (bicyclic) bond motifs is 5. The fourth-order valence-corrected chi connectivity index (χ4v) is 7.00. The maximum absolute atomic E-state index is 11.3. The van der Waals surface area contributed by atoms with E-state index in [1.807, 2.05) is 6.08 Å². The molecule has 0 aromatic heterocycles. The molecule has 23 heavy (non-hydrogen) atoms. The van der Waals surface area contributed by atoms with Gasteiger partial charge in [-0.05, 0) is 86.9 Å². The molecule has 3 saturated carbocycles. The van der Waals surface area contributed by atoms with Gasteiger partial charge in [-0.25, -0.2) is 0 Å². The highest BCUT2D eigenvalue weighted by molar-refractivity contribution is 5.21. The van der Waals surface area contributed by atoms with E-state index in [-0.39, 0.29) is 11.5 Å². The molecular weight excluding hydrogens is 284 g/mol. The van der Waals surface area contributed by atoms with Crippen molar-refractivity contribution in [3.05, 3.63) is 24.3 Å². The highest BCUT2D eigenvalue weighted by atomic mass is 16.3. The van der Waals surface area contributed by atoms with Gasteiger partial charge in [0.25, 0.3) is 0 Å². The highest BCUT2D eigenvalue weighted by Gasteiger charge is 2.61. The van der Waals surface area contributed by atoms with Crippen LogP contribution in [-0.4, -0.2) is 21.9 Å². The fourth-order valence-electron chi connectivity index (χ4n) is 7.00. The summed E-state index contributed by atoms with van der Waals surface area (Å²) in [4.78, 5) is 0. The van der Waals surface area contributed by atoms with E-state index in [1.165, 1.54) is 32.1 Å². The smallest absolute Gasteiger partial charge is 0.0738 e. The summed E-state index contributed by atoms with van der Waals surface area (Å²) in [5.41, 5.74) is 1.11. The van der Waals surface area contributed by atoms with E-state index in [1.54, 1.807) is 5.57 Å². The van der Waals surface area contributed by atoms with Gasteiger partial charge in [0.05, 0.1) is 11.7 Å². The molecule has 2 heteroatoms. The lowest BCUT2D eigenvalue weighted by molar-refractivity contribution is -0.116. The largest absolute Gasteiger partial charge is 0.389 e. The Morgan fingerprint density at radius 1 is 1.17 bits per heavy atom. The zero-order chi connectivity index (χ0) is 16.2. The molecule has 0 radical (unpaired) electrons. The molecule has 0 heterocycles. The van der Waals surface area contributed by atoms with Gasteiger partial charge in [0, 0.05) is 0 Å². The quantitative estimate of drug-likeness (QED) is 0.749. The van der Waals surface area contributed by atoms with Crippen LogP contribution in [0.4, 0.5) is 0 Å². The molecule has 0 amide bonds. The Kier molecular flexibility index (Phi) is 3.77. The zero-order valence-electron chi connectivity index (χ0n) is 14.5. The first kappa shape index (κ1) is 15.9. The maximum atomic E-state index is 11.3. The second kappa shape index (κ2) is 5.46. The first-order valence-corrected chi connectivity index (χ1v) is 9.70. The molecule has 0 spiro atoms. The lowest BCUT2D eigenvalue weighted by Crippen LogP contribution is -2.52. The van der Waals surface area contributed by atoms with Crippen LogP contribution in [0.3, 0.4) is 0 Å². The van der Waals surface area contributed by atoms with Crippen LogP contribution in [0, 0.1) is 29.1 Å². The van der Waals surface area contributed by atoms with Crippen molar-refractivity contribution < 1.29 is 10.2 Å². The van der Waals surface area contributed by atoms with Crippen molar-refractivity contribution in [3.63, 3.8) is 0 Å². The summed E-state index contributed by atoms with van der Waals surface area (Å²) < 4.78 is 0. The van der Waals surface area contributed by atoms with Crippen LogP contribution < -0.4 is 0 Å².